The largest absolute Gasteiger partial charge is 0.482 e. The van der Waals surface area contributed by atoms with Crippen molar-refractivity contribution >= 4 is 33.2 Å². The zero-order valence-electron chi connectivity index (χ0n) is 18.7. The van der Waals surface area contributed by atoms with Gasteiger partial charge in [0.25, 0.3) is 5.91 Å². The summed E-state index contributed by atoms with van der Waals surface area (Å²) in [5.74, 6) is -0.163. The van der Waals surface area contributed by atoms with E-state index in [2.05, 4.69) is 10.6 Å². The monoisotopic (exact) mass is 472 g/mol. The minimum Gasteiger partial charge on any atom is -0.482 e. The van der Waals surface area contributed by atoms with E-state index in [0.29, 0.717) is 30.8 Å². The Morgan fingerprint density at radius 3 is 2.52 bits per heavy atom. The van der Waals surface area contributed by atoms with Gasteiger partial charge in [-0.25, -0.2) is 8.42 Å². The second kappa shape index (κ2) is 9.40. The molecule has 176 valence electrons. The summed E-state index contributed by atoms with van der Waals surface area (Å²) in [6.07, 6.45) is 0.908. The van der Waals surface area contributed by atoms with Crippen molar-refractivity contribution in [1.82, 2.24) is 9.62 Å². The zero-order valence-corrected chi connectivity index (χ0v) is 19.5. The Kier molecular flexibility index (Phi) is 6.57. The molecular weight excluding hydrogens is 444 g/mol. The molecule has 2 aliphatic rings. The second-order valence-electron chi connectivity index (χ2n) is 8.45. The number of sulfonamides is 1. The van der Waals surface area contributed by atoms with Crippen LogP contribution in [0.3, 0.4) is 0 Å². The number of carbonyl (C=O) groups excluding carboxylic acids is 2. The highest BCUT2D eigenvalue weighted by atomic mass is 32.2. The summed E-state index contributed by atoms with van der Waals surface area (Å²) < 4.78 is 32.9. The Morgan fingerprint density at radius 1 is 1.15 bits per heavy atom. The predicted molar refractivity (Wildman–Crippen MR) is 125 cm³/mol. The Bertz CT molecular complexity index is 1140. The van der Waals surface area contributed by atoms with Crippen molar-refractivity contribution in [3.05, 3.63) is 48.0 Å². The average Bonchev–Trinajstić information content (AvgIpc) is 2.82. The maximum absolute atomic E-state index is 13.1. The predicted octanol–water partition coefficient (Wildman–Crippen LogP) is 1.80. The molecule has 2 heterocycles. The third-order valence-corrected chi connectivity index (χ3v) is 7.86. The molecule has 0 bridgehead atoms. The number of fused-ring (bicyclic) bond motifs is 1. The van der Waals surface area contributed by atoms with E-state index < -0.39 is 10.0 Å². The number of nitrogens with zero attached hydrogens (tertiary/aromatic N) is 2. The van der Waals surface area contributed by atoms with Gasteiger partial charge in [-0.05, 0) is 48.7 Å². The fourth-order valence-corrected chi connectivity index (χ4v) is 5.47. The van der Waals surface area contributed by atoms with Crippen molar-refractivity contribution in [1.29, 1.82) is 0 Å². The average molecular weight is 473 g/mol. The minimum atomic E-state index is -3.74. The molecule has 10 heteroatoms. The molecule has 0 unspecified atom stereocenters. The third-order valence-electron chi connectivity index (χ3n) is 5.97. The van der Waals surface area contributed by atoms with Crippen LogP contribution in [0.25, 0.3) is 0 Å². The lowest BCUT2D eigenvalue weighted by Gasteiger charge is -2.31. The van der Waals surface area contributed by atoms with E-state index in [0.717, 1.165) is 11.3 Å². The summed E-state index contributed by atoms with van der Waals surface area (Å²) >= 11 is 0. The number of amides is 2. The highest BCUT2D eigenvalue weighted by molar-refractivity contribution is 7.89. The summed E-state index contributed by atoms with van der Waals surface area (Å²) in [5, 5.41) is 5.60. The first-order chi connectivity index (χ1) is 15.7. The first-order valence-electron chi connectivity index (χ1n) is 10.8. The van der Waals surface area contributed by atoms with Gasteiger partial charge in [-0.2, -0.15) is 4.31 Å². The Balaban J connectivity index is 1.33. The number of rotatable bonds is 6. The maximum atomic E-state index is 13.1. The third kappa shape index (κ3) is 5.12. The van der Waals surface area contributed by atoms with Gasteiger partial charge in [-0.15, -0.1) is 0 Å². The smallest absolute Gasteiger partial charge is 0.262 e. The molecule has 1 saturated heterocycles. The van der Waals surface area contributed by atoms with E-state index in [1.807, 2.05) is 43.3 Å². The van der Waals surface area contributed by atoms with E-state index in [1.54, 1.807) is 6.07 Å². The summed E-state index contributed by atoms with van der Waals surface area (Å²) in [5.41, 5.74) is 2.45. The number of benzene rings is 2. The summed E-state index contributed by atoms with van der Waals surface area (Å²) in [7, 11) is 0.209. The second-order valence-corrected chi connectivity index (χ2v) is 10.4. The van der Waals surface area contributed by atoms with E-state index in [-0.39, 0.29) is 42.3 Å². The van der Waals surface area contributed by atoms with Gasteiger partial charge < -0.3 is 20.3 Å². The lowest BCUT2D eigenvalue weighted by atomic mass is 9.97. The SMILES string of the molecule is CN(C)c1ccc(CNC(=O)C2CCN(S(=O)(=O)c3ccc4c(c3)NC(=O)CO4)CC2)cc1. The van der Waals surface area contributed by atoms with Crippen LogP contribution in [-0.2, 0) is 26.2 Å². The Labute approximate surface area is 193 Å². The van der Waals surface area contributed by atoms with Gasteiger partial charge in [0.15, 0.2) is 6.61 Å². The van der Waals surface area contributed by atoms with Crippen molar-refractivity contribution < 1.29 is 22.7 Å². The van der Waals surface area contributed by atoms with Crippen molar-refractivity contribution in [3.63, 3.8) is 0 Å². The van der Waals surface area contributed by atoms with Gasteiger partial charge in [0.1, 0.15) is 5.75 Å². The lowest BCUT2D eigenvalue weighted by molar-refractivity contribution is -0.126. The number of piperidine rings is 1. The molecule has 0 spiro atoms. The van der Waals surface area contributed by atoms with Crippen molar-refractivity contribution in [3.8, 4) is 5.75 Å². The van der Waals surface area contributed by atoms with Crippen LogP contribution in [-0.4, -0.2) is 58.3 Å². The maximum Gasteiger partial charge on any atom is 0.262 e. The van der Waals surface area contributed by atoms with E-state index >= 15 is 0 Å². The molecule has 0 radical (unpaired) electrons. The van der Waals surface area contributed by atoms with Crippen molar-refractivity contribution in [2.24, 2.45) is 5.92 Å². The van der Waals surface area contributed by atoms with Crippen LogP contribution >= 0.6 is 0 Å². The van der Waals surface area contributed by atoms with Gasteiger partial charge in [-0.1, -0.05) is 12.1 Å². The van der Waals surface area contributed by atoms with E-state index in [9.17, 15) is 18.0 Å². The molecule has 4 rings (SSSR count). The molecule has 9 nitrogen and oxygen atoms in total. The van der Waals surface area contributed by atoms with Crippen LogP contribution in [0.1, 0.15) is 18.4 Å². The lowest BCUT2D eigenvalue weighted by Crippen LogP contribution is -2.42. The molecule has 0 atom stereocenters. The van der Waals surface area contributed by atoms with E-state index in [4.69, 9.17) is 4.74 Å². The van der Waals surface area contributed by atoms with Crippen LogP contribution in [0.4, 0.5) is 11.4 Å². The van der Waals surface area contributed by atoms with Crippen LogP contribution in [0, 0.1) is 5.92 Å². The number of nitrogens with one attached hydrogen (secondary N) is 2. The van der Waals surface area contributed by atoms with Gasteiger partial charge in [0, 0.05) is 45.3 Å². The summed E-state index contributed by atoms with van der Waals surface area (Å²) in [6.45, 7) is 0.875. The van der Waals surface area contributed by atoms with Crippen molar-refractivity contribution in [2.75, 3.05) is 44.0 Å². The van der Waals surface area contributed by atoms with Crippen LogP contribution in [0.2, 0.25) is 0 Å². The number of hydrogen-bond acceptors (Lipinski definition) is 6. The van der Waals surface area contributed by atoms with Gasteiger partial charge in [0.05, 0.1) is 10.6 Å². The molecule has 2 N–H and O–H groups in total. The number of carbonyl (C=O) groups is 2. The summed E-state index contributed by atoms with van der Waals surface area (Å²) in [4.78, 5) is 26.3. The van der Waals surface area contributed by atoms with Crippen LogP contribution in [0.5, 0.6) is 5.75 Å². The van der Waals surface area contributed by atoms with Gasteiger partial charge >= 0.3 is 0 Å². The van der Waals surface area contributed by atoms with Crippen LogP contribution in [0.15, 0.2) is 47.4 Å². The first-order valence-corrected chi connectivity index (χ1v) is 12.3. The van der Waals surface area contributed by atoms with Crippen LogP contribution < -0.4 is 20.3 Å². The van der Waals surface area contributed by atoms with Crippen molar-refractivity contribution in [2.45, 2.75) is 24.3 Å². The number of hydrogen-bond donors (Lipinski definition) is 2. The Morgan fingerprint density at radius 2 is 1.85 bits per heavy atom. The molecule has 2 aliphatic heterocycles. The van der Waals surface area contributed by atoms with E-state index in [1.165, 1.54) is 16.4 Å². The van der Waals surface area contributed by atoms with Gasteiger partial charge in [-0.3, -0.25) is 9.59 Å². The molecule has 1 fully saturated rings. The standard InChI is InChI=1S/C23H28N4O5S/c1-26(2)18-5-3-16(4-6-18)14-24-23(29)17-9-11-27(12-10-17)33(30,31)19-7-8-21-20(13-19)25-22(28)15-32-21/h3-8,13,17H,9-12,14-15H2,1-2H3,(H,24,29)(H,25,28). The molecule has 2 aromatic carbocycles. The minimum absolute atomic E-state index is 0.0580. The number of ether oxygens (including phenoxy) is 1. The molecular formula is C23H28N4O5S. The van der Waals surface area contributed by atoms with Gasteiger partial charge in [0.2, 0.25) is 15.9 Å². The Hall–Kier alpha value is -3.11. The fourth-order valence-electron chi connectivity index (χ4n) is 3.98. The fraction of sp³-hybridized carbons (Fsp3) is 0.391. The summed E-state index contributed by atoms with van der Waals surface area (Å²) in [6, 6.07) is 12.4. The molecule has 2 aromatic rings. The quantitative estimate of drug-likeness (QED) is 0.664. The first kappa shape index (κ1) is 23.1. The topological polar surface area (TPSA) is 108 Å². The molecule has 0 aliphatic carbocycles. The molecule has 2 amide bonds. The molecule has 0 aromatic heterocycles. The molecule has 33 heavy (non-hydrogen) atoms. The molecule has 0 saturated carbocycles. The normalized spacial score (nSPS) is 17.0. The highest BCUT2D eigenvalue weighted by Gasteiger charge is 2.32. The highest BCUT2D eigenvalue weighted by Crippen LogP contribution is 2.32. The zero-order chi connectivity index (χ0) is 23.6. The number of anilines is 2.